The molecule has 0 amide bonds. The van der Waals surface area contributed by atoms with Crippen molar-refractivity contribution in [2.24, 2.45) is 5.41 Å². The first-order chi connectivity index (χ1) is 18.8. The summed E-state index contributed by atoms with van der Waals surface area (Å²) < 4.78 is 12.2. The van der Waals surface area contributed by atoms with Crippen LogP contribution < -0.4 is 10.6 Å². The second kappa shape index (κ2) is 12.7. The number of ether oxygens (including phenoxy) is 2. The Morgan fingerprint density at radius 2 is 2.10 bits per heavy atom. The van der Waals surface area contributed by atoms with Crippen LogP contribution in [-0.2, 0) is 27.1 Å². The van der Waals surface area contributed by atoms with Crippen LogP contribution in [0, 0.1) is 5.41 Å². The molecule has 2 aromatic rings. The average molecular weight is 601 g/mol. The van der Waals surface area contributed by atoms with Gasteiger partial charge in [0.15, 0.2) is 0 Å². The fourth-order valence-electron chi connectivity index (χ4n) is 5.91. The van der Waals surface area contributed by atoms with Crippen LogP contribution in [0.25, 0.3) is 0 Å². The number of aromatic nitrogens is 1. The lowest BCUT2D eigenvalue weighted by Crippen LogP contribution is -2.28. The molecule has 2 fully saturated rings. The van der Waals surface area contributed by atoms with E-state index in [4.69, 9.17) is 14.5 Å². The minimum Gasteiger partial charge on any atom is -0.480 e. The minimum absolute atomic E-state index is 0.0778. The number of rotatable bonds is 10. The van der Waals surface area contributed by atoms with Crippen molar-refractivity contribution in [1.82, 2.24) is 10.3 Å². The molecule has 212 valence electrons. The summed E-state index contributed by atoms with van der Waals surface area (Å²) in [6.45, 7) is 7.96. The lowest BCUT2D eigenvalue weighted by Gasteiger charge is -2.36. The molecule has 4 atom stereocenters. The van der Waals surface area contributed by atoms with Crippen LogP contribution in [0.5, 0.6) is 0 Å². The van der Waals surface area contributed by atoms with Gasteiger partial charge in [-0.05, 0) is 91.6 Å². The van der Waals surface area contributed by atoms with Crippen LogP contribution in [-0.4, -0.2) is 48.5 Å². The van der Waals surface area contributed by atoms with Crippen molar-refractivity contribution in [2.75, 3.05) is 31.6 Å². The number of alkyl halides is 1. The number of pyridine rings is 1. The molecule has 0 aliphatic carbocycles. The first-order valence-corrected chi connectivity index (χ1v) is 15.4. The summed E-state index contributed by atoms with van der Waals surface area (Å²) >= 11 is 3.44. The van der Waals surface area contributed by atoms with E-state index in [1.54, 1.807) is 0 Å². The summed E-state index contributed by atoms with van der Waals surface area (Å²) in [5.41, 5.74) is 5.35. The number of carboxylic acids is 1. The number of anilines is 1. The predicted molar refractivity (Wildman–Crippen MR) is 157 cm³/mol. The number of benzene rings is 1. The van der Waals surface area contributed by atoms with Gasteiger partial charge < -0.3 is 25.2 Å². The van der Waals surface area contributed by atoms with Gasteiger partial charge in [-0.25, -0.2) is 4.98 Å². The molecule has 3 unspecified atom stereocenters. The summed E-state index contributed by atoms with van der Waals surface area (Å²) in [5, 5.41) is 16.8. The van der Waals surface area contributed by atoms with Crippen molar-refractivity contribution in [2.45, 2.75) is 88.3 Å². The molecule has 39 heavy (non-hydrogen) atoms. The molecule has 5 rings (SSSR count). The predicted octanol–water partition coefficient (Wildman–Crippen LogP) is 6.28. The topological polar surface area (TPSA) is 92.7 Å². The molecule has 3 aliphatic heterocycles. The highest BCUT2D eigenvalue weighted by Gasteiger charge is 2.32. The highest BCUT2D eigenvalue weighted by Crippen LogP contribution is 2.42. The zero-order valence-electron chi connectivity index (χ0n) is 23.2. The van der Waals surface area contributed by atoms with Crippen molar-refractivity contribution in [3.8, 4) is 0 Å². The van der Waals surface area contributed by atoms with Gasteiger partial charge in [0.25, 0.3) is 0 Å². The van der Waals surface area contributed by atoms with E-state index in [-0.39, 0.29) is 17.6 Å². The highest BCUT2D eigenvalue weighted by molar-refractivity contribution is 9.09. The van der Waals surface area contributed by atoms with E-state index in [2.05, 4.69) is 70.7 Å². The lowest BCUT2D eigenvalue weighted by molar-refractivity contribution is -0.136. The van der Waals surface area contributed by atoms with Crippen LogP contribution >= 0.6 is 15.9 Å². The molecule has 3 aliphatic rings. The molecule has 7 nitrogen and oxygen atoms in total. The monoisotopic (exact) mass is 599 g/mol. The number of nitrogens with one attached hydrogen (secondary N) is 2. The summed E-state index contributed by atoms with van der Waals surface area (Å²) in [6.07, 6.45) is 8.28. The molecule has 0 spiro atoms. The molecule has 8 heteroatoms. The number of carboxylic acid groups (broad SMARTS) is 1. The average Bonchev–Trinajstić information content (AvgIpc) is 3.45. The zero-order chi connectivity index (χ0) is 27.4. The number of unbranched alkanes of at least 4 members (excludes halogenated alkanes) is 1. The third-order valence-electron chi connectivity index (χ3n) is 8.35. The number of aliphatic carboxylic acids is 1. The van der Waals surface area contributed by atoms with Gasteiger partial charge in [0, 0.05) is 18.8 Å². The number of fused-ring (bicyclic) bond motifs is 1. The number of hydrogen-bond acceptors (Lipinski definition) is 6. The fraction of sp³-hybridized carbons (Fsp3) is 0.613. The largest absolute Gasteiger partial charge is 0.480 e. The van der Waals surface area contributed by atoms with E-state index in [0.717, 1.165) is 99.3 Å². The summed E-state index contributed by atoms with van der Waals surface area (Å²) in [6, 6.07) is 10.7. The van der Waals surface area contributed by atoms with Crippen molar-refractivity contribution in [3.05, 3.63) is 58.3 Å². The van der Waals surface area contributed by atoms with E-state index in [1.807, 2.05) is 0 Å². The summed E-state index contributed by atoms with van der Waals surface area (Å²) in [4.78, 5) is 16.2. The van der Waals surface area contributed by atoms with Crippen LogP contribution in [0.3, 0.4) is 0 Å². The number of nitrogens with zero attached hydrogens (tertiary/aromatic N) is 1. The van der Waals surface area contributed by atoms with E-state index in [9.17, 15) is 9.90 Å². The Hall–Kier alpha value is -2.00. The first-order valence-electron chi connectivity index (χ1n) is 14.5. The van der Waals surface area contributed by atoms with Gasteiger partial charge in [-0.15, -0.1) is 0 Å². The van der Waals surface area contributed by atoms with Crippen molar-refractivity contribution < 1.29 is 19.4 Å². The van der Waals surface area contributed by atoms with E-state index in [0.29, 0.717) is 12.7 Å². The smallest absolute Gasteiger partial charge is 0.321 e. The Bertz CT molecular complexity index is 1140. The maximum absolute atomic E-state index is 12.0. The van der Waals surface area contributed by atoms with Crippen molar-refractivity contribution >= 4 is 27.7 Å². The molecular formula is C31H42BrN3O4. The second-order valence-electron chi connectivity index (χ2n) is 12.1. The molecule has 1 aromatic heterocycles. The Morgan fingerprint density at radius 3 is 2.85 bits per heavy atom. The normalized spacial score (nSPS) is 25.1. The highest BCUT2D eigenvalue weighted by atomic mass is 79.9. The molecule has 3 N–H and O–H groups in total. The van der Waals surface area contributed by atoms with Gasteiger partial charge >= 0.3 is 5.97 Å². The van der Waals surface area contributed by atoms with Gasteiger partial charge in [0.2, 0.25) is 0 Å². The number of hydrogen-bond donors (Lipinski definition) is 3. The third kappa shape index (κ3) is 7.20. The van der Waals surface area contributed by atoms with Crippen LogP contribution in [0.4, 0.5) is 5.82 Å². The Balaban J connectivity index is 1.25. The van der Waals surface area contributed by atoms with Crippen LogP contribution in [0.2, 0.25) is 0 Å². The fourth-order valence-corrected chi connectivity index (χ4v) is 6.31. The van der Waals surface area contributed by atoms with Crippen LogP contribution in [0.1, 0.15) is 97.3 Å². The van der Waals surface area contributed by atoms with Crippen LogP contribution in [0.15, 0.2) is 30.3 Å². The van der Waals surface area contributed by atoms with Gasteiger partial charge in [-0.1, -0.05) is 54.0 Å². The maximum atomic E-state index is 12.0. The molecule has 2 saturated heterocycles. The minimum atomic E-state index is -0.886. The lowest BCUT2D eigenvalue weighted by atomic mass is 9.82. The second-order valence-corrected chi connectivity index (χ2v) is 13.0. The van der Waals surface area contributed by atoms with E-state index in [1.165, 1.54) is 5.56 Å². The standard InChI is InChI=1S/C31H42BrN3O4/c1-31(2)14-12-27(39-19-31)24-10-7-21(17-25(24)28(32)30(36)37)26-11-8-20-6-9-22(34-29(20)35-26)5-3-4-16-38-23-13-15-33-18-23/h6-7,9-10,17,23,26-28,33H,3-5,8,11-16,18-19H2,1-2H3,(H,34,35)(H,36,37)/t23-,26?,27?,28?/m1/s1. The van der Waals surface area contributed by atoms with Gasteiger partial charge in [-0.3, -0.25) is 4.79 Å². The molecule has 0 bridgehead atoms. The number of halogens is 1. The Morgan fingerprint density at radius 1 is 1.23 bits per heavy atom. The van der Waals surface area contributed by atoms with Crippen molar-refractivity contribution in [1.29, 1.82) is 0 Å². The molecule has 0 radical (unpaired) electrons. The Kier molecular flexibility index (Phi) is 9.27. The van der Waals surface area contributed by atoms with Gasteiger partial charge in [0.1, 0.15) is 10.6 Å². The number of carbonyl (C=O) groups is 1. The summed E-state index contributed by atoms with van der Waals surface area (Å²) in [7, 11) is 0. The maximum Gasteiger partial charge on any atom is 0.321 e. The van der Waals surface area contributed by atoms with Gasteiger partial charge in [0.05, 0.1) is 24.9 Å². The quantitative estimate of drug-likeness (QED) is 0.218. The molecule has 1 aromatic carbocycles. The summed E-state index contributed by atoms with van der Waals surface area (Å²) in [5.74, 6) is 0.0669. The third-order valence-corrected chi connectivity index (χ3v) is 9.24. The number of aryl methyl sites for hydroxylation is 2. The Labute approximate surface area is 240 Å². The first kappa shape index (κ1) is 28.5. The van der Waals surface area contributed by atoms with E-state index < -0.39 is 10.8 Å². The van der Waals surface area contributed by atoms with Crippen molar-refractivity contribution in [3.63, 3.8) is 0 Å². The SMILES string of the molecule is CC1(C)CCC(c2ccc(C3CCc4ccc(CCCCO[C@@H]5CCNC5)nc4N3)cc2C(Br)C(=O)O)OC1. The molecule has 4 heterocycles. The zero-order valence-corrected chi connectivity index (χ0v) is 24.8. The van der Waals surface area contributed by atoms with E-state index >= 15 is 0 Å². The van der Waals surface area contributed by atoms with Gasteiger partial charge in [-0.2, -0.15) is 0 Å². The molecule has 0 saturated carbocycles. The molecular weight excluding hydrogens is 558 g/mol.